The van der Waals surface area contributed by atoms with Crippen LogP contribution in [-0.4, -0.2) is 34.3 Å². The van der Waals surface area contributed by atoms with Gasteiger partial charge in [-0.15, -0.1) is 0 Å². The summed E-state index contributed by atoms with van der Waals surface area (Å²) < 4.78 is 10.9. The average molecular weight is 280 g/mol. The van der Waals surface area contributed by atoms with Crippen LogP contribution in [-0.2, 0) is 4.79 Å². The second-order valence-electron chi connectivity index (χ2n) is 4.18. The van der Waals surface area contributed by atoms with Gasteiger partial charge in [0.25, 0.3) is 0 Å². The second-order valence-corrected chi connectivity index (χ2v) is 4.18. The Labute approximate surface area is 118 Å². The molecule has 0 atom stereocenters. The number of nitrogens with zero attached hydrogens (tertiary/aromatic N) is 2. The Hall–Kier alpha value is -2.11. The van der Waals surface area contributed by atoms with E-state index in [0.717, 1.165) is 18.9 Å². The zero-order valence-electron chi connectivity index (χ0n) is 12.0. The van der Waals surface area contributed by atoms with E-state index in [4.69, 9.17) is 14.6 Å². The molecule has 0 aromatic carbocycles. The summed E-state index contributed by atoms with van der Waals surface area (Å²) in [5.41, 5.74) is 1.18. The number of aromatic nitrogens is 2. The minimum atomic E-state index is -1.03. The van der Waals surface area contributed by atoms with E-state index in [1.165, 1.54) is 6.08 Å². The fraction of sp³-hybridized carbons (Fsp3) is 0.500. The summed E-state index contributed by atoms with van der Waals surface area (Å²) in [6.07, 6.45) is 4.16. The van der Waals surface area contributed by atoms with Crippen LogP contribution in [0.2, 0.25) is 0 Å². The SMILES string of the molecule is CCCOc1nc(C)c(/C=C/C(=O)O)c(OCCC)n1. The van der Waals surface area contributed by atoms with Crippen LogP contribution in [0.25, 0.3) is 6.08 Å². The fourth-order valence-electron chi connectivity index (χ4n) is 1.44. The molecule has 1 N–H and O–H groups in total. The number of carboxylic acids is 1. The molecular weight excluding hydrogens is 260 g/mol. The highest BCUT2D eigenvalue weighted by Gasteiger charge is 2.12. The summed E-state index contributed by atoms with van der Waals surface area (Å²) in [5, 5.41) is 8.71. The number of aryl methyl sites for hydroxylation is 1. The molecule has 1 rings (SSSR count). The smallest absolute Gasteiger partial charge is 0.328 e. The lowest BCUT2D eigenvalue weighted by Crippen LogP contribution is -2.07. The number of carbonyl (C=O) groups is 1. The molecule has 0 amide bonds. The summed E-state index contributed by atoms with van der Waals surface area (Å²) in [6, 6.07) is 0.253. The van der Waals surface area contributed by atoms with E-state index in [1.54, 1.807) is 6.92 Å². The number of rotatable bonds is 8. The Kier molecular flexibility index (Phi) is 6.49. The summed E-state index contributed by atoms with van der Waals surface area (Å²) in [4.78, 5) is 19.0. The number of hydrogen-bond acceptors (Lipinski definition) is 5. The first-order chi connectivity index (χ1) is 9.58. The van der Waals surface area contributed by atoms with E-state index in [9.17, 15) is 4.79 Å². The van der Waals surface area contributed by atoms with Crippen molar-refractivity contribution in [1.29, 1.82) is 0 Å². The molecule has 0 bridgehead atoms. The summed E-state index contributed by atoms with van der Waals surface area (Å²) >= 11 is 0. The molecule has 0 radical (unpaired) electrons. The predicted molar refractivity (Wildman–Crippen MR) is 75.0 cm³/mol. The van der Waals surface area contributed by atoms with Gasteiger partial charge in [0, 0.05) is 6.08 Å². The lowest BCUT2D eigenvalue weighted by Gasteiger charge is -2.11. The Bertz CT molecular complexity index is 486. The van der Waals surface area contributed by atoms with Crippen molar-refractivity contribution in [1.82, 2.24) is 9.97 Å². The quantitative estimate of drug-likeness (QED) is 0.737. The molecule has 0 aliphatic carbocycles. The molecule has 20 heavy (non-hydrogen) atoms. The normalized spacial score (nSPS) is 10.8. The molecule has 6 heteroatoms. The number of aliphatic carboxylic acids is 1. The molecule has 0 aliphatic heterocycles. The van der Waals surface area contributed by atoms with Crippen LogP contribution in [0, 0.1) is 6.92 Å². The summed E-state index contributed by atoms with van der Waals surface area (Å²) in [6.45, 7) is 6.76. The zero-order valence-corrected chi connectivity index (χ0v) is 12.0. The van der Waals surface area contributed by atoms with Crippen LogP contribution in [0.4, 0.5) is 0 Å². The van der Waals surface area contributed by atoms with Gasteiger partial charge in [0.05, 0.1) is 24.5 Å². The summed E-state index contributed by atoms with van der Waals surface area (Å²) in [5.74, 6) is -0.680. The monoisotopic (exact) mass is 280 g/mol. The van der Waals surface area contributed by atoms with Crippen LogP contribution in [0.15, 0.2) is 6.08 Å². The zero-order chi connectivity index (χ0) is 15.0. The van der Waals surface area contributed by atoms with E-state index in [-0.39, 0.29) is 6.01 Å². The number of ether oxygens (including phenoxy) is 2. The Morgan fingerprint density at radius 2 is 1.85 bits per heavy atom. The first kappa shape index (κ1) is 15.9. The predicted octanol–water partition coefficient (Wildman–Crippen LogP) is 2.46. The minimum absolute atomic E-state index is 0.253. The highest BCUT2D eigenvalue weighted by Crippen LogP contribution is 2.23. The van der Waals surface area contributed by atoms with Gasteiger partial charge < -0.3 is 14.6 Å². The minimum Gasteiger partial charge on any atom is -0.478 e. The number of hydrogen-bond donors (Lipinski definition) is 1. The van der Waals surface area contributed by atoms with Gasteiger partial charge in [0.15, 0.2) is 0 Å². The second kappa shape index (κ2) is 8.14. The molecule has 6 nitrogen and oxygen atoms in total. The molecule has 110 valence electrons. The van der Waals surface area contributed by atoms with E-state index in [2.05, 4.69) is 9.97 Å². The summed E-state index contributed by atoms with van der Waals surface area (Å²) in [7, 11) is 0. The van der Waals surface area contributed by atoms with Crippen molar-refractivity contribution in [2.45, 2.75) is 33.6 Å². The lowest BCUT2D eigenvalue weighted by molar-refractivity contribution is -0.131. The number of carboxylic acid groups (broad SMARTS) is 1. The third-order valence-electron chi connectivity index (χ3n) is 2.35. The van der Waals surface area contributed by atoms with Crippen LogP contribution in [0.5, 0.6) is 11.9 Å². The van der Waals surface area contributed by atoms with Gasteiger partial charge in [-0.3, -0.25) is 0 Å². The average Bonchev–Trinajstić information content (AvgIpc) is 2.41. The standard InChI is InChI=1S/C14H20N2O4/c1-4-8-19-13-11(6-7-12(17)18)10(3)15-14(16-13)20-9-5-2/h6-7H,4-5,8-9H2,1-3H3,(H,17,18)/b7-6+. The maximum Gasteiger partial charge on any atom is 0.328 e. The highest BCUT2D eigenvalue weighted by molar-refractivity contribution is 5.86. The van der Waals surface area contributed by atoms with Crippen molar-refractivity contribution in [3.05, 3.63) is 17.3 Å². The van der Waals surface area contributed by atoms with Crippen molar-refractivity contribution < 1.29 is 19.4 Å². The Morgan fingerprint density at radius 1 is 1.20 bits per heavy atom. The van der Waals surface area contributed by atoms with Gasteiger partial charge in [-0.25, -0.2) is 4.79 Å². The van der Waals surface area contributed by atoms with Crippen LogP contribution in [0.3, 0.4) is 0 Å². The van der Waals surface area contributed by atoms with Crippen molar-refractivity contribution in [3.63, 3.8) is 0 Å². The van der Waals surface area contributed by atoms with Crippen molar-refractivity contribution in [2.24, 2.45) is 0 Å². The first-order valence-electron chi connectivity index (χ1n) is 6.63. The molecule has 1 aromatic heterocycles. The van der Waals surface area contributed by atoms with Gasteiger partial charge >= 0.3 is 12.0 Å². The molecular formula is C14H20N2O4. The first-order valence-corrected chi connectivity index (χ1v) is 6.63. The highest BCUT2D eigenvalue weighted by atomic mass is 16.5. The molecule has 0 saturated heterocycles. The van der Waals surface area contributed by atoms with Crippen LogP contribution >= 0.6 is 0 Å². The van der Waals surface area contributed by atoms with Crippen LogP contribution < -0.4 is 9.47 Å². The van der Waals surface area contributed by atoms with Gasteiger partial charge in [-0.05, 0) is 25.8 Å². The maximum absolute atomic E-state index is 10.6. The van der Waals surface area contributed by atoms with E-state index >= 15 is 0 Å². The van der Waals surface area contributed by atoms with Gasteiger partial charge in [-0.1, -0.05) is 13.8 Å². The molecule has 1 heterocycles. The van der Waals surface area contributed by atoms with Crippen molar-refractivity contribution >= 4 is 12.0 Å². The molecule has 0 fully saturated rings. The van der Waals surface area contributed by atoms with Gasteiger partial charge in [0.1, 0.15) is 0 Å². The Morgan fingerprint density at radius 3 is 2.45 bits per heavy atom. The largest absolute Gasteiger partial charge is 0.478 e. The Balaban J connectivity index is 3.09. The van der Waals surface area contributed by atoms with Gasteiger partial charge in [0.2, 0.25) is 5.88 Å². The maximum atomic E-state index is 10.6. The van der Waals surface area contributed by atoms with E-state index < -0.39 is 5.97 Å². The van der Waals surface area contributed by atoms with Gasteiger partial charge in [-0.2, -0.15) is 9.97 Å². The molecule has 0 spiro atoms. The molecule has 0 aliphatic rings. The van der Waals surface area contributed by atoms with E-state index in [1.807, 2.05) is 13.8 Å². The third-order valence-corrected chi connectivity index (χ3v) is 2.35. The molecule has 1 aromatic rings. The fourth-order valence-corrected chi connectivity index (χ4v) is 1.44. The topological polar surface area (TPSA) is 81.5 Å². The van der Waals surface area contributed by atoms with Crippen molar-refractivity contribution in [3.8, 4) is 11.9 Å². The lowest BCUT2D eigenvalue weighted by atomic mass is 10.2. The van der Waals surface area contributed by atoms with E-state index in [0.29, 0.717) is 30.4 Å². The van der Waals surface area contributed by atoms with Crippen LogP contribution in [0.1, 0.15) is 37.9 Å². The third kappa shape index (κ3) is 4.87. The van der Waals surface area contributed by atoms with Crippen molar-refractivity contribution in [2.75, 3.05) is 13.2 Å². The molecule has 0 unspecified atom stereocenters. The molecule has 0 saturated carbocycles.